The number of hydrogen-bond donors (Lipinski definition) is 0. The summed E-state index contributed by atoms with van der Waals surface area (Å²) in [5.74, 6) is 2.66. The lowest BCUT2D eigenvalue weighted by atomic mass is 10.0. The number of methoxy groups -OCH3 is 1. The van der Waals surface area contributed by atoms with Gasteiger partial charge in [-0.25, -0.2) is 0 Å². The van der Waals surface area contributed by atoms with E-state index >= 15 is 0 Å². The summed E-state index contributed by atoms with van der Waals surface area (Å²) in [6, 6.07) is 6.45. The van der Waals surface area contributed by atoms with E-state index in [9.17, 15) is 0 Å². The number of halogens is 1. The Morgan fingerprint density at radius 2 is 2.13 bits per heavy atom. The number of aryl methyl sites for hydroxylation is 1. The minimum atomic E-state index is 0.511. The first-order chi connectivity index (χ1) is 7.13. The molecule has 1 aromatic carbocycles. The van der Waals surface area contributed by atoms with E-state index < -0.39 is 0 Å². The highest BCUT2D eigenvalue weighted by Gasteiger charge is 2.38. The fourth-order valence-corrected chi connectivity index (χ4v) is 3.10. The Morgan fingerprint density at radius 1 is 1.47 bits per heavy atom. The van der Waals surface area contributed by atoms with Gasteiger partial charge in [0, 0.05) is 4.83 Å². The van der Waals surface area contributed by atoms with Gasteiger partial charge < -0.3 is 4.74 Å². The third-order valence-electron chi connectivity index (χ3n) is 3.28. The summed E-state index contributed by atoms with van der Waals surface area (Å²) in [7, 11) is 1.72. The van der Waals surface area contributed by atoms with Crippen LogP contribution >= 0.6 is 15.9 Å². The molecular weight excluding hydrogens is 252 g/mol. The molecular formula is C13H17BrO. The van der Waals surface area contributed by atoms with E-state index in [0.717, 1.165) is 17.6 Å². The normalized spacial score (nSPS) is 26.1. The van der Waals surface area contributed by atoms with Crippen molar-refractivity contribution in [2.45, 2.75) is 25.1 Å². The van der Waals surface area contributed by atoms with Crippen molar-refractivity contribution < 1.29 is 4.74 Å². The van der Waals surface area contributed by atoms with Gasteiger partial charge >= 0.3 is 0 Å². The van der Waals surface area contributed by atoms with Crippen LogP contribution in [0.2, 0.25) is 0 Å². The van der Waals surface area contributed by atoms with Gasteiger partial charge in [-0.3, -0.25) is 0 Å². The molecule has 1 aliphatic rings. The zero-order valence-electron chi connectivity index (χ0n) is 9.46. The van der Waals surface area contributed by atoms with Crippen molar-refractivity contribution in [3.05, 3.63) is 29.3 Å². The van der Waals surface area contributed by atoms with Crippen LogP contribution in [-0.4, -0.2) is 7.11 Å². The lowest BCUT2D eigenvalue weighted by molar-refractivity contribution is 0.411. The van der Waals surface area contributed by atoms with Crippen molar-refractivity contribution in [3.8, 4) is 5.75 Å². The van der Waals surface area contributed by atoms with Gasteiger partial charge in [0.05, 0.1) is 7.11 Å². The summed E-state index contributed by atoms with van der Waals surface area (Å²) in [5, 5.41) is 0. The first-order valence-electron chi connectivity index (χ1n) is 5.42. The maximum Gasteiger partial charge on any atom is 0.121 e. The van der Waals surface area contributed by atoms with Gasteiger partial charge in [0.2, 0.25) is 0 Å². The molecule has 2 heteroatoms. The molecule has 0 amide bonds. The van der Waals surface area contributed by atoms with Gasteiger partial charge in [0.1, 0.15) is 5.75 Å². The molecule has 1 saturated carbocycles. The molecule has 0 spiro atoms. The molecule has 2 rings (SSSR count). The second-order valence-corrected chi connectivity index (χ2v) is 5.49. The number of rotatable bonds is 3. The van der Waals surface area contributed by atoms with Crippen molar-refractivity contribution in [3.63, 3.8) is 0 Å². The second-order valence-electron chi connectivity index (χ2n) is 4.51. The molecule has 0 bridgehead atoms. The van der Waals surface area contributed by atoms with E-state index in [2.05, 4.69) is 48.0 Å². The number of ether oxygens (including phenoxy) is 1. The molecule has 1 aromatic rings. The minimum Gasteiger partial charge on any atom is -0.496 e. The largest absolute Gasteiger partial charge is 0.496 e. The molecule has 0 saturated heterocycles. The van der Waals surface area contributed by atoms with Gasteiger partial charge in [0.15, 0.2) is 0 Å². The average molecular weight is 269 g/mol. The molecule has 0 aliphatic heterocycles. The zero-order valence-corrected chi connectivity index (χ0v) is 11.0. The van der Waals surface area contributed by atoms with Crippen LogP contribution in [0.25, 0.3) is 0 Å². The van der Waals surface area contributed by atoms with Crippen LogP contribution in [0.1, 0.15) is 29.3 Å². The monoisotopic (exact) mass is 268 g/mol. The number of hydrogen-bond acceptors (Lipinski definition) is 1. The minimum absolute atomic E-state index is 0.511. The molecule has 15 heavy (non-hydrogen) atoms. The van der Waals surface area contributed by atoms with Crippen LogP contribution in [0.15, 0.2) is 18.2 Å². The van der Waals surface area contributed by atoms with Crippen LogP contribution in [0.3, 0.4) is 0 Å². The topological polar surface area (TPSA) is 9.23 Å². The van der Waals surface area contributed by atoms with Crippen LogP contribution < -0.4 is 4.74 Å². The first-order valence-corrected chi connectivity index (χ1v) is 6.33. The molecule has 3 unspecified atom stereocenters. The predicted molar refractivity (Wildman–Crippen MR) is 66.7 cm³/mol. The molecule has 1 nitrogen and oxygen atoms in total. The Balaban J connectivity index is 2.18. The van der Waals surface area contributed by atoms with E-state index in [4.69, 9.17) is 4.74 Å². The Kier molecular flexibility index (Phi) is 3.06. The van der Waals surface area contributed by atoms with E-state index in [0.29, 0.717) is 4.83 Å². The Bertz CT molecular complexity index is 362. The van der Waals surface area contributed by atoms with Crippen LogP contribution in [0.5, 0.6) is 5.75 Å². The lowest BCUT2D eigenvalue weighted by Crippen LogP contribution is -1.95. The lowest BCUT2D eigenvalue weighted by Gasteiger charge is -2.12. The molecule has 1 fully saturated rings. The molecule has 3 atom stereocenters. The Morgan fingerprint density at radius 3 is 2.60 bits per heavy atom. The smallest absolute Gasteiger partial charge is 0.121 e. The van der Waals surface area contributed by atoms with Crippen molar-refractivity contribution in [1.82, 2.24) is 0 Å². The van der Waals surface area contributed by atoms with E-state index in [1.807, 2.05) is 0 Å². The summed E-state index contributed by atoms with van der Waals surface area (Å²) < 4.78 is 5.26. The van der Waals surface area contributed by atoms with Crippen molar-refractivity contribution in [1.29, 1.82) is 0 Å². The van der Waals surface area contributed by atoms with Gasteiger partial charge in [-0.1, -0.05) is 35.0 Å². The zero-order chi connectivity index (χ0) is 11.0. The molecule has 0 heterocycles. The van der Waals surface area contributed by atoms with Crippen LogP contribution in [-0.2, 0) is 0 Å². The van der Waals surface area contributed by atoms with Gasteiger partial charge in [-0.15, -0.1) is 0 Å². The number of benzene rings is 1. The summed E-state index contributed by atoms with van der Waals surface area (Å²) in [6.45, 7) is 4.41. The van der Waals surface area contributed by atoms with Gasteiger partial charge in [-0.2, -0.15) is 0 Å². The van der Waals surface area contributed by atoms with Crippen molar-refractivity contribution in [2.24, 2.45) is 11.8 Å². The highest BCUT2D eigenvalue weighted by atomic mass is 79.9. The van der Waals surface area contributed by atoms with Crippen molar-refractivity contribution >= 4 is 15.9 Å². The summed E-state index contributed by atoms with van der Waals surface area (Å²) in [4.78, 5) is 0.511. The van der Waals surface area contributed by atoms with Gasteiger partial charge in [-0.05, 0) is 42.4 Å². The fraction of sp³-hybridized carbons (Fsp3) is 0.538. The fourth-order valence-electron chi connectivity index (χ4n) is 2.08. The molecule has 0 radical (unpaired) electrons. The Hall–Kier alpha value is -0.500. The predicted octanol–water partition coefficient (Wildman–Crippen LogP) is 4.10. The summed E-state index contributed by atoms with van der Waals surface area (Å²) in [6.07, 6.45) is 1.35. The summed E-state index contributed by atoms with van der Waals surface area (Å²) in [5.41, 5.74) is 2.59. The Labute approximate surface area is 100.0 Å². The maximum absolute atomic E-state index is 5.26. The van der Waals surface area contributed by atoms with Crippen LogP contribution in [0, 0.1) is 18.8 Å². The second kappa shape index (κ2) is 4.17. The van der Waals surface area contributed by atoms with E-state index in [1.54, 1.807) is 7.11 Å². The number of alkyl halides is 1. The SMILES string of the molecule is COc1ccc(C(Br)C2CC2C)cc1C. The highest BCUT2D eigenvalue weighted by molar-refractivity contribution is 9.09. The van der Waals surface area contributed by atoms with E-state index in [1.165, 1.54) is 17.5 Å². The molecule has 0 aromatic heterocycles. The third-order valence-corrected chi connectivity index (χ3v) is 4.49. The molecule has 82 valence electrons. The maximum atomic E-state index is 5.26. The van der Waals surface area contributed by atoms with Gasteiger partial charge in [0.25, 0.3) is 0 Å². The highest BCUT2D eigenvalue weighted by Crippen LogP contribution is 2.51. The third kappa shape index (κ3) is 2.20. The molecule has 1 aliphatic carbocycles. The molecule has 0 N–H and O–H groups in total. The standard InChI is InChI=1S/C13H17BrO/c1-8-7-11(8)13(14)10-4-5-12(15-3)9(2)6-10/h4-6,8,11,13H,7H2,1-3H3. The van der Waals surface area contributed by atoms with E-state index in [-0.39, 0.29) is 0 Å². The average Bonchev–Trinajstić information content (AvgIpc) is 2.94. The first kappa shape index (κ1) is 11.0. The summed E-state index contributed by atoms with van der Waals surface area (Å²) >= 11 is 3.79. The van der Waals surface area contributed by atoms with Crippen molar-refractivity contribution in [2.75, 3.05) is 7.11 Å². The van der Waals surface area contributed by atoms with Crippen LogP contribution in [0.4, 0.5) is 0 Å². The quantitative estimate of drug-likeness (QED) is 0.751.